The summed E-state index contributed by atoms with van der Waals surface area (Å²) in [5.41, 5.74) is 2.90. The van der Waals surface area contributed by atoms with Crippen LogP contribution in [0.4, 0.5) is 5.69 Å². The molecule has 0 saturated carbocycles. The lowest BCUT2D eigenvalue weighted by Crippen LogP contribution is -2.48. The van der Waals surface area contributed by atoms with E-state index >= 15 is 0 Å². The number of amides is 1. The molecule has 1 fully saturated rings. The smallest absolute Gasteiger partial charge is 0.253 e. The number of nitrogens with zero attached hydrogens (tertiary/aromatic N) is 2. The Morgan fingerprint density at radius 3 is 2.36 bits per heavy atom. The van der Waals surface area contributed by atoms with Gasteiger partial charge in [0.2, 0.25) is 0 Å². The van der Waals surface area contributed by atoms with Crippen molar-refractivity contribution in [3.63, 3.8) is 0 Å². The quantitative estimate of drug-likeness (QED) is 0.858. The summed E-state index contributed by atoms with van der Waals surface area (Å²) in [7, 11) is 3.31. The average molecular weight is 340 g/mol. The molecule has 0 unspecified atom stereocenters. The molecule has 0 aliphatic carbocycles. The molecule has 1 heterocycles. The molecule has 5 heteroatoms. The van der Waals surface area contributed by atoms with Crippen LogP contribution in [0.25, 0.3) is 0 Å². The van der Waals surface area contributed by atoms with E-state index in [1.165, 1.54) is 0 Å². The van der Waals surface area contributed by atoms with Crippen LogP contribution in [0.15, 0.2) is 42.5 Å². The van der Waals surface area contributed by atoms with Crippen molar-refractivity contribution in [3.05, 3.63) is 53.6 Å². The maximum Gasteiger partial charge on any atom is 0.253 e. The molecule has 3 rings (SSSR count). The predicted molar refractivity (Wildman–Crippen MR) is 98.8 cm³/mol. The van der Waals surface area contributed by atoms with Gasteiger partial charge in [-0.05, 0) is 31.2 Å². The van der Waals surface area contributed by atoms with E-state index in [1.807, 2.05) is 54.3 Å². The highest BCUT2D eigenvalue weighted by Gasteiger charge is 2.24. The van der Waals surface area contributed by atoms with Gasteiger partial charge in [-0.25, -0.2) is 0 Å². The molecule has 1 aliphatic rings. The summed E-state index contributed by atoms with van der Waals surface area (Å²) in [6.07, 6.45) is 0. The molecule has 0 spiro atoms. The Kier molecular flexibility index (Phi) is 5.12. The molecule has 5 nitrogen and oxygen atoms in total. The van der Waals surface area contributed by atoms with Crippen molar-refractivity contribution in [3.8, 4) is 11.5 Å². The molecule has 0 N–H and O–H groups in total. The van der Waals surface area contributed by atoms with E-state index in [2.05, 4.69) is 4.90 Å². The number of anilines is 1. The van der Waals surface area contributed by atoms with Crippen LogP contribution >= 0.6 is 0 Å². The lowest BCUT2D eigenvalue weighted by molar-refractivity contribution is 0.0746. The van der Waals surface area contributed by atoms with Crippen molar-refractivity contribution in [1.82, 2.24) is 4.90 Å². The number of hydrogen-bond acceptors (Lipinski definition) is 4. The summed E-state index contributed by atoms with van der Waals surface area (Å²) in [5, 5.41) is 0. The summed E-state index contributed by atoms with van der Waals surface area (Å²) >= 11 is 0. The SMILES string of the molecule is COc1ccc(N2CCN(C(=O)c3cccc(C)c3)CC2)c(OC)c1. The van der Waals surface area contributed by atoms with Crippen LogP contribution in [0.3, 0.4) is 0 Å². The molecule has 1 amide bonds. The van der Waals surface area contributed by atoms with Crippen LogP contribution in [0.2, 0.25) is 0 Å². The first-order valence-electron chi connectivity index (χ1n) is 8.45. The van der Waals surface area contributed by atoms with Gasteiger partial charge in [-0.3, -0.25) is 4.79 Å². The van der Waals surface area contributed by atoms with Crippen LogP contribution < -0.4 is 14.4 Å². The van der Waals surface area contributed by atoms with E-state index in [-0.39, 0.29) is 5.91 Å². The molecule has 0 atom stereocenters. The largest absolute Gasteiger partial charge is 0.497 e. The number of piperazine rings is 1. The normalized spacial score (nSPS) is 14.4. The molecule has 132 valence electrons. The molecule has 0 radical (unpaired) electrons. The third kappa shape index (κ3) is 3.71. The highest BCUT2D eigenvalue weighted by molar-refractivity contribution is 5.94. The van der Waals surface area contributed by atoms with Gasteiger partial charge in [-0.15, -0.1) is 0 Å². The van der Waals surface area contributed by atoms with Crippen LogP contribution in [0.5, 0.6) is 11.5 Å². The number of methoxy groups -OCH3 is 2. The van der Waals surface area contributed by atoms with E-state index in [0.717, 1.165) is 41.4 Å². The summed E-state index contributed by atoms with van der Waals surface area (Å²) in [6, 6.07) is 13.6. The second-order valence-electron chi connectivity index (χ2n) is 6.19. The highest BCUT2D eigenvalue weighted by Crippen LogP contribution is 2.32. The van der Waals surface area contributed by atoms with Crippen molar-refractivity contribution in [1.29, 1.82) is 0 Å². The minimum atomic E-state index is 0.102. The number of rotatable bonds is 4. The Balaban J connectivity index is 1.69. The van der Waals surface area contributed by atoms with Gasteiger partial charge < -0.3 is 19.3 Å². The fraction of sp³-hybridized carbons (Fsp3) is 0.350. The number of hydrogen-bond donors (Lipinski definition) is 0. The number of aryl methyl sites for hydroxylation is 1. The highest BCUT2D eigenvalue weighted by atomic mass is 16.5. The van der Waals surface area contributed by atoms with Crippen LogP contribution in [-0.2, 0) is 0 Å². The van der Waals surface area contributed by atoms with E-state index in [0.29, 0.717) is 13.1 Å². The summed E-state index contributed by atoms with van der Waals surface area (Å²) in [5.74, 6) is 1.66. The minimum absolute atomic E-state index is 0.102. The Labute approximate surface area is 148 Å². The van der Waals surface area contributed by atoms with Gasteiger partial charge in [-0.1, -0.05) is 17.7 Å². The fourth-order valence-corrected chi connectivity index (χ4v) is 3.16. The summed E-state index contributed by atoms with van der Waals surface area (Å²) in [6.45, 7) is 4.95. The van der Waals surface area contributed by atoms with Crippen molar-refractivity contribution in [2.45, 2.75) is 6.92 Å². The summed E-state index contributed by atoms with van der Waals surface area (Å²) in [4.78, 5) is 16.8. The Bertz CT molecular complexity index is 752. The monoisotopic (exact) mass is 340 g/mol. The van der Waals surface area contributed by atoms with Crippen molar-refractivity contribution in [2.75, 3.05) is 45.3 Å². The van der Waals surface area contributed by atoms with Crippen LogP contribution in [0.1, 0.15) is 15.9 Å². The van der Waals surface area contributed by atoms with E-state index in [4.69, 9.17) is 9.47 Å². The molecule has 25 heavy (non-hydrogen) atoms. The number of ether oxygens (including phenoxy) is 2. The van der Waals surface area contributed by atoms with Crippen LogP contribution in [-0.4, -0.2) is 51.2 Å². The number of benzene rings is 2. The lowest BCUT2D eigenvalue weighted by atomic mass is 10.1. The number of carbonyl (C=O) groups is 1. The molecule has 1 saturated heterocycles. The van der Waals surface area contributed by atoms with Gasteiger partial charge in [0.1, 0.15) is 11.5 Å². The lowest BCUT2D eigenvalue weighted by Gasteiger charge is -2.36. The van der Waals surface area contributed by atoms with Crippen molar-refractivity contribution in [2.24, 2.45) is 0 Å². The standard InChI is InChI=1S/C20H24N2O3/c1-15-5-4-6-16(13-15)20(23)22-11-9-21(10-12-22)18-8-7-17(24-2)14-19(18)25-3/h4-8,13-14H,9-12H2,1-3H3. The zero-order valence-electron chi connectivity index (χ0n) is 15.0. The Morgan fingerprint density at radius 1 is 0.960 bits per heavy atom. The minimum Gasteiger partial charge on any atom is -0.497 e. The van der Waals surface area contributed by atoms with E-state index in [1.54, 1.807) is 14.2 Å². The first kappa shape index (κ1) is 17.1. The van der Waals surface area contributed by atoms with Gasteiger partial charge in [0.05, 0.1) is 19.9 Å². The maximum absolute atomic E-state index is 12.7. The maximum atomic E-state index is 12.7. The molecule has 1 aliphatic heterocycles. The zero-order chi connectivity index (χ0) is 17.8. The van der Waals surface area contributed by atoms with E-state index in [9.17, 15) is 4.79 Å². The molecular weight excluding hydrogens is 316 g/mol. The molecule has 2 aromatic carbocycles. The first-order chi connectivity index (χ1) is 12.1. The van der Waals surface area contributed by atoms with Gasteiger partial charge >= 0.3 is 0 Å². The van der Waals surface area contributed by atoms with Gasteiger partial charge in [0.25, 0.3) is 5.91 Å². The van der Waals surface area contributed by atoms with Crippen molar-refractivity contribution >= 4 is 11.6 Å². The second kappa shape index (κ2) is 7.47. The number of carbonyl (C=O) groups excluding carboxylic acids is 1. The van der Waals surface area contributed by atoms with Gasteiger partial charge in [0.15, 0.2) is 0 Å². The average Bonchev–Trinajstić information content (AvgIpc) is 2.67. The predicted octanol–water partition coefficient (Wildman–Crippen LogP) is 2.97. The topological polar surface area (TPSA) is 42.0 Å². The van der Waals surface area contributed by atoms with Crippen LogP contribution in [0, 0.1) is 6.92 Å². The van der Waals surface area contributed by atoms with Crippen molar-refractivity contribution < 1.29 is 14.3 Å². The second-order valence-corrected chi connectivity index (χ2v) is 6.19. The molecule has 0 aromatic heterocycles. The fourth-order valence-electron chi connectivity index (χ4n) is 3.16. The Hall–Kier alpha value is -2.69. The Morgan fingerprint density at radius 2 is 1.72 bits per heavy atom. The van der Waals surface area contributed by atoms with Gasteiger partial charge in [-0.2, -0.15) is 0 Å². The first-order valence-corrected chi connectivity index (χ1v) is 8.45. The zero-order valence-corrected chi connectivity index (χ0v) is 15.0. The molecule has 0 bridgehead atoms. The third-order valence-corrected chi connectivity index (χ3v) is 4.56. The van der Waals surface area contributed by atoms with E-state index < -0.39 is 0 Å². The molecular formula is C20H24N2O3. The summed E-state index contributed by atoms with van der Waals surface area (Å²) < 4.78 is 10.8. The molecule has 2 aromatic rings. The third-order valence-electron chi connectivity index (χ3n) is 4.56. The van der Waals surface area contributed by atoms with Gasteiger partial charge in [0, 0.05) is 37.8 Å².